The Bertz CT molecular complexity index is 624. The van der Waals surface area contributed by atoms with Gasteiger partial charge in [-0.2, -0.15) is 0 Å². The first kappa shape index (κ1) is 25.0. The first-order valence-electron chi connectivity index (χ1n) is 8.51. The predicted octanol–water partition coefficient (Wildman–Crippen LogP) is 1.83. The molecule has 2 amide bonds. The van der Waals surface area contributed by atoms with Crippen molar-refractivity contribution >= 4 is 55.6 Å². The molecule has 1 fully saturated rings. The number of imide groups is 1. The lowest BCUT2D eigenvalue weighted by atomic mass is 9.93. The summed E-state index contributed by atoms with van der Waals surface area (Å²) in [6.45, 7) is 6.98. The summed E-state index contributed by atoms with van der Waals surface area (Å²) in [7, 11) is 0. The number of carbonyl (C=O) groups excluding carboxylic acids is 4. The van der Waals surface area contributed by atoms with E-state index < -0.39 is 57.3 Å². The van der Waals surface area contributed by atoms with Crippen molar-refractivity contribution in [3.05, 3.63) is 0 Å². The van der Waals surface area contributed by atoms with Crippen LogP contribution in [0.5, 0.6) is 0 Å². The van der Waals surface area contributed by atoms with E-state index in [9.17, 15) is 24.3 Å². The lowest BCUT2D eigenvalue weighted by Crippen LogP contribution is -2.47. The number of esters is 1. The van der Waals surface area contributed by atoms with E-state index in [2.05, 4.69) is 31.9 Å². The van der Waals surface area contributed by atoms with Crippen molar-refractivity contribution in [1.29, 1.82) is 0 Å². The van der Waals surface area contributed by atoms with Gasteiger partial charge >= 0.3 is 11.9 Å². The summed E-state index contributed by atoms with van der Waals surface area (Å²) in [5.41, 5.74) is -1.59. The van der Waals surface area contributed by atoms with Crippen LogP contribution < -0.4 is 0 Å². The molecule has 160 valence electrons. The third kappa shape index (κ3) is 6.78. The minimum atomic E-state index is -1.59. The van der Waals surface area contributed by atoms with Crippen LogP contribution in [0.25, 0.3) is 0 Å². The molecular weight excluding hydrogens is 506 g/mol. The summed E-state index contributed by atoms with van der Waals surface area (Å²) in [6, 6.07) is 0. The highest BCUT2D eigenvalue weighted by atomic mass is 79.9. The topological polar surface area (TPSA) is 119 Å². The maximum Gasteiger partial charge on any atom is 0.344 e. The summed E-state index contributed by atoms with van der Waals surface area (Å²) >= 11 is 6.40. The molecule has 0 aromatic carbocycles. The molecule has 28 heavy (non-hydrogen) atoms. The monoisotopic (exact) mass is 529 g/mol. The Balaban J connectivity index is 2.94. The second-order valence-corrected chi connectivity index (χ2v) is 11.8. The van der Waals surface area contributed by atoms with Gasteiger partial charge in [-0.1, -0.05) is 31.9 Å². The van der Waals surface area contributed by atoms with Gasteiger partial charge in [0.15, 0.2) is 6.29 Å². The normalized spacial score (nSPS) is 18.6. The third-order valence-electron chi connectivity index (χ3n) is 3.83. The average molecular weight is 531 g/mol. The van der Waals surface area contributed by atoms with Crippen molar-refractivity contribution in [2.75, 3.05) is 13.2 Å². The molecule has 1 aliphatic heterocycles. The zero-order valence-corrected chi connectivity index (χ0v) is 19.6. The number of ether oxygens (including phenoxy) is 2. The van der Waals surface area contributed by atoms with Crippen LogP contribution in [0, 0.1) is 5.41 Å². The van der Waals surface area contributed by atoms with E-state index in [-0.39, 0.29) is 12.8 Å². The molecule has 1 rings (SSSR count). The lowest BCUT2D eigenvalue weighted by molar-refractivity contribution is -0.214. The summed E-state index contributed by atoms with van der Waals surface area (Å²) in [4.78, 5) is 53.1. The van der Waals surface area contributed by atoms with Gasteiger partial charge in [0, 0.05) is 12.8 Å². The Morgan fingerprint density at radius 2 is 1.54 bits per heavy atom. The Kier molecular flexibility index (Phi) is 8.20. The van der Waals surface area contributed by atoms with E-state index >= 15 is 0 Å². The average Bonchev–Trinajstić information content (AvgIpc) is 2.87. The Labute approximate surface area is 180 Å². The molecule has 0 aliphatic carbocycles. The van der Waals surface area contributed by atoms with Crippen LogP contribution >= 0.6 is 31.9 Å². The van der Waals surface area contributed by atoms with Crippen molar-refractivity contribution in [3.8, 4) is 0 Å². The molecule has 11 heteroatoms. The molecule has 1 N–H and O–H groups in total. The van der Waals surface area contributed by atoms with Gasteiger partial charge in [0.05, 0.1) is 10.9 Å². The largest absolute Gasteiger partial charge is 0.463 e. The van der Waals surface area contributed by atoms with Crippen LogP contribution in [-0.2, 0) is 33.5 Å². The van der Waals surface area contributed by atoms with E-state index in [1.165, 1.54) is 6.92 Å². The van der Waals surface area contributed by atoms with E-state index in [0.29, 0.717) is 5.06 Å². The molecule has 0 spiro atoms. The molecule has 9 nitrogen and oxygen atoms in total. The van der Waals surface area contributed by atoms with Crippen LogP contribution in [0.2, 0.25) is 0 Å². The highest BCUT2D eigenvalue weighted by molar-refractivity contribution is 9.10. The molecule has 0 aromatic heterocycles. The van der Waals surface area contributed by atoms with Crippen molar-refractivity contribution < 1.29 is 38.6 Å². The van der Waals surface area contributed by atoms with Crippen LogP contribution in [0.4, 0.5) is 0 Å². The van der Waals surface area contributed by atoms with Crippen LogP contribution in [-0.4, -0.2) is 62.1 Å². The van der Waals surface area contributed by atoms with Crippen LogP contribution in [0.15, 0.2) is 0 Å². The molecule has 1 aliphatic rings. The van der Waals surface area contributed by atoms with Crippen LogP contribution in [0.1, 0.15) is 47.5 Å². The Morgan fingerprint density at radius 1 is 1.04 bits per heavy atom. The number of alkyl halides is 2. The van der Waals surface area contributed by atoms with E-state index in [1.807, 2.05) is 0 Å². The van der Waals surface area contributed by atoms with Gasteiger partial charge in [0.2, 0.25) is 0 Å². The van der Waals surface area contributed by atoms with Gasteiger partial charge in [0.1, 0.15) is 16.3 Å². The number of rotatable bonds is 9. The molecule has 2 atom stereocenters. The fraction of sp³-hybridized carbons (Fsp3) is 0.765. The first-order chi connectivity index (χ1) is 12.6. The first-order valence-corrected chi connectivity index (χ1v) is 10.1. The van der Waals surface area contributed by atoms with Gasteiger partial charge in [-0.05, 0) is 34.6 Å². The van der Waals surface area contributed by atoms with E-state index in [1.54, 1.807) is 27.7 Å². The molecule has 1 heterocycles. The number of amides is 2. The summed E-state index contributed by atoms with van der Waals surface area (Å²) in [5.74, 6) is -2.92. The summed E-state index contributed by atoms with van der Waals surface area (Å²) < 4.78 is 8.72. The van der Waals surface area contributed by atoms with Crippen molar-refractivity contribution in [3.63, 3.8) is 0 Å². The second kappa shape index (κ2) is 9.19. The molecule has 2 unspecified atom stereocenters. The standard InChI is InChI=1S/C17H25Br2NO8/c1-15(2,18)12(23)26-8-17(5,9-27-13(24)16(3,4)19)14(25)28-20-10(21)6-7-11(20)22/h12,23H,6-9H2,1-5H3. The fourth-order valence-electron chi connectivity index (χ4n) is 1.87. The minimum absolute atomic E-state index is 0.0530. The number of hydroxylamine groups is 2. The molecule has 0 radical (unpaired) electrons. The number of hydrogen-bond donors (Lipinski definition) is 1. The number of aliphatic hydroxyl groups excluding tert-OH is 1. The molecule has 1 saturated heterocycles. The van der Waals surface area contributed by atoms with Crippen molar-refractivity contribution in [2.24, 2.45) is 5.41 Å². The zero-order chi connectivity index (χ0) is 21.9. The van der Waals surface area contributed by atoms with Gasteiger partial charge in [-0.25, -0.2) is 4.79 Å². The quantitative estimate of drug-likeness (QED) is 0.207. The zero-order valence-electron chi connectivity index (χ0n) is 16.4. The number of halogens is 2. The number of nitrogens with zero attached hydrogens (tertiary/aromatic N) is 1. The second-order valence-electron chi connectivity index (χ2n) is 7.80. The number of carbonyl (C=O) groups is 4. The molecular formula is C17H25Br2NO8. The van der Waals surface area contributed by atoms with Crippen LogP contribution in [0.3, 0.4) is 0 Å². The Morgan fingerprint density at radius 3 is 1.96 bits per heavy atom. The SMILES string of the molecule is CC(C)(Br)C(=O)OCC(C)(COC(O)C(C)(C)Br)C(=O)ON1C(=O)CCC1=O. The van der Waals surface area contributed by atoms with Crippen molar-refractivity contribution in [1.82, 2.24) is 5.06 Å². The molecule has 0 bridgehead atoms. The fourth-order valence-corrected chi connectivity index (χ4v) is 2.11. The number of hydrogen-bond acceptors (Lipinski definition) is 8. The van der Waals surface area contributed by atoms with Gasteiger partial charge in [-0.3, -0.25) is 14.4 Å². The summed E-state index contributed by atoms with van der Waals surface area (Å²) in [6.07, 6.45) is -1.40. The minimum Gasteiger partial charge on any atom is -0.463 e. The smallest absolute Gasteiger partial charge is 0.344 e. The summed E-state index contributed by atoms with van der Waals surface area (Å²) in [5, 5.41) is 10.5. The third-order valence-corrected chi connectivity index (χ3v) is 4.54. The lowest BCUT2D eigenvalue weighted by Gasteiger charge is -2.31. The van der Waals surface area contributed by atoms with Gasteiger partial charge in [0.25, 0.3) is 11.8 Å². The maximum absolute atomic E-state index is 12.7. The van der Waals surface area contributed by atoms with E-state index in [4.69, 9.17) is 14.3 Å². The Hall–Kier alpha value is -1.04. The maximum atomic E-state index is 12.7. The van der Waals surface area contributed by atoms with Gasteiger partial charge < -0.3 is 19.4 Å². The molecule has 0 aromatic rings. The highest BCUT2D eigenvalue weighted by Gasteiger charge is 2.44. The number of aliphatic hydroxyl groups is 1. The molecule has 0 saturated carbocycles. The van der Waals surface area contributed by atoms with E-state index in [0.717, 1.165) is 0 Å². The highest BCUT2D eigenvalue weighted by Crippen LogP contribution is 2.28. The van der Waals surface area contributed by atoms with Gasteiger partial charge in [-0.15, -0.1) is 5.06 Å². The van der Waals surface area contributed by atoms with Crippen molar-refractivity contribution in [2.45, 2.75) is 62.4 Å². The predicted molar refractivity (Wildman–Crippen MR) is 104 cm³/mol.